The molecule has 1 fully saturated rings. The number of aliphatic hydroxyl groups excluding tert-OH is 1. The van der Waals surface area contributed by atoms with Gasteiger partial charge < -0.3 is 15.2 Å². The lowest BCUT2D eigenvalue weighted by molar-refractivity contribution is -0.173. The number of nitrogens with one attached hydrogen (secondary N) is 1. The van der Waals surface area contributed by atoms with Gasteiger partial charge >= 0.3 is 6.18 Å². The molecule has 15 heavy (non-hydrogen) atoms. The first-order valence-electron chi connectivity index (χ1n) is 4.98. The maximum Gasteiger partial charge on any atom is 0.411 e. The molecular weight excluding hydrogens is 211 g/mol. The van der Waals surface area contributed by atoms with Crippen LogP contribution in [0.1, 0.15) is 19.3 Å². The Kier molecular flexibility index (Phi) is 4.36. The fraction of sp³-hybridized carbons (Fsp3) is 1.00. The maximum absolute atomic E-state index is 11.7. The lowest BCUT2D eigenvalue weighted by Crippen LogP contribution is -2.54. The minimum Gasteiger partial charge on any atom is -0.394 e. The van der Waals surface area contributed by atoms with Gasteiger partial charge in [0.2, 0.25) is 0 Å². The fourth-order valence-electron chi connectivity index (χ4n) is 1.57. The second-order valence-corrected chi connectivity index (χ2v) is 3.89. The van der Waals surface area contributed by atoms with Crippen LogP contribution in [0.5, 0.6) is 0 Å². The molecule has 1 aliphatic carbocycles. The average Bonchev–Trinajstić information content (AvgIpc) is 2.06. The summed E-state index contributed by atoms with van der Waals surface area (Å²) in [5.74, 6) is 0. The van der Waals surface area contributed by atoms with Crippen LogP contribution in [-0.2, 0) is 4.74 Å². The molecule has 6 heteroatoms. The summed E-state index contributed by atoms with van der Waals surface area (Å²) in [6.45, 7) is -0.815. The van der Waals surface area contributed by atoms with Crippen molar-refractivity contribution in [1.29, 1.82) is 0 Å². The number of hydrogen-bond acceptors (Lipinski definition) is 3. The van der Waals surface area contributed by atoms with Crippen molar-refractivity contribution in [3.8, 4) is 0 Å². The molecular formula is C9H16F3NO2. The first kappa shape index (κ1) is 12.7. The quantitative estimate of drug-likeness (QED) is 0.667. The first-order valence-corrected chi connectivity index (χ1v) is 4.98. The lowest BCUT2D eigenvalue weighted by atomic mass is 9.77. The van der Waals surface area contributed by atoms with Gasteiger partial charge in [0.15, 0.2) is 0 Å². The molecule has 0 atom stereocenters. The Morgan fingerprint density at radius 1 is 1.33 bits per heavy atom. The summed E-state index contributed by atoms with van der Waals surface area (Å²) in [6, 6.07) is 0. The molecule has 0 aromatic carbocycles. The van der Waals surface area contributed by atoms with Gasteiger partial charge in [-0.2, -0.15) is 13.2 Å². The summed E-state index contributed by atoms with van der Waals surface area (Å²) < 4.78 is 39.5. The highest BCUT2D eigenvalue weighted by Crippen LogP contribution is 2.30. The lowest BCUT2D eigenvalue weighted by Gasteiger charge is -2.41. The van der Waals surface area contributed by atoms with E-state index in [2.05, 4.69) is 10.1 Å². The Bertz CT molecular complexity index is 187. The standard InChI is InChI=1S/C9H16F3NO2/c10-9(11,12)7-15-5-4-13-8(6-14)2-1-3-8/h13-14H,1-7H2. The molecule has 1 rings (SSSR count). The summed E-state index contributed by atoms with van der Waals surface area (Å²) in [6.07, 6.45) is -1.45. The number of halogens is 3. The predicted octanol–water partition coefficient (Wildman–Crippen LogP) is 1.07. The van der Waals surface area contributed by atoms with Gasteiger partial charge in [0.25, 0.3) is 0 Å². The van der Waals surface area contributed by atoms with Crippen LogP contribution < -0.4 is 5.32 Å². The number of hydrogen-bond donors (Lipinski definition) is 2. The van der Waals surface area contributed by atoms with Crippen LogP contribution in [-0.4, -0.2) is 43.2 Å². The Balaban J connectivity index is 2.02. The molecule has 0 bridgehead atoms. The summed E-state index contributed by atoms with van der Waals surface area (Å²) in [5.41, 5.74) is -0.262. The number of aliphatic hydroxyl groups is 1. The largest absolute Gasteiger partial charge is 0.411 e. The second kappa shape index (κ2) is 5.14. The first-order chi connectivity index (χ1) is 6.97. The van der Waals surface area contributed by atoms with Crippen LogP contribution in [0.3, 0.4) is 0 Å². The summed E-state index contributed by atoms with van der Waals surface area (Å²) in [7, 11) is 0. The third kappa shape index (κ3) is 4.36. The summed E-state index contributed by atoms with van der Waals surface area (Å²) in [5, 5.41) is 12.1. The molecule has 90 valence electrons. The van der Waals surface area contributed by atoms with Crippen LogP contribution in [0.15, 0.2) is 0 Å². The van der Waals surface area contributed by atoms with Gasteiger partial charge in [0, 0.05) is 12.1 Å². The minimum atomic E-state index is -4.26. The molecule has 0 unspecified atom stereocenters. The monoisotopic (exact) mass is 227 g/mol. The Morgan fingerprint density at radius 3 is 2.40 bits per heavy atom. The summed E-state index contributed by atoms with van der Waals surface area (Å²) >= 11 is 0. The molecule has 1 saturated carbocycles. The van der Waals surface area contributed by atoms with Gasteiger partial charge in [-0.15, -0.1) is 0 Å². The molecule has 0 saturated heterocycles. The average molecular weight is 227 g/mol. The van der Waals surface area contributed by atoms with E-state index in [1.165, 1.54) is 0 Å². The van der Waals surface area contributed by atoms with Crippen molar-refractivity contribution >= 4 is 0 Å². The van der Waals surface area contributed by atoms with Gasteiger partial charge in [-0.1, -0.05) is 0 Å². The Labute approximate surface area is 86.6 Å². The van der Waals surface area contributed by atoms with E-state index in [4.69, 9.17) is 5.11 Å². The molecule has 0 amide bonds. The molecule has 0 heterocycles. The van der Waals surface area contributed by atoms with E-state index >= 15 is 0 Å². The van der Waals surface area contributed by atoms with Gasteiger partial charge in [-0.05, 0) is 19.3 Å². The minimum absolute atomic E-state index is 0.0151. The Morgan fingerprint density at radius 2 is 2.00 bits per heavy atom. The van der Waals surface area contributed by atoms with Gasteiger partial charge in [-0.3, -0.25) is 0 Å². The van der Waals surface area contributed by atoms with Crippen LogP contribution in [0, 0.1) is 0 Å². The highest BCUT2D eigenvalue weighted by Gasteiger charge is 2.35. The van der Waals surface area contributed by atoms with Crippen molar-refractivity contribution in [3.63, 3.8) is 0 Å². The van der Waals surface area contributed by atoms with E-state index < -0.39 is 12.8 Å². The van der Waals surface area contributed by atoms with Crippen LogP contribution >= 0.6 is 0 Å². The smallest absolute Gasteiger partial charge is 0.394 e. The zero-order chi connectivity index (χ0) is 11.4. The second-order valence-electron chi connectivity index (χ2n) is 3.89. The molecule has 3 nitrogen and oxygen atoms in total. The molecule has 0 aliphatic heterocycles. The molecule has 0 radical (unpaired) electrons. The van der Waals surface area contributed by atoms with Crippen LogP contribution in [0.2, 0.25) is 0 Å². The highest BCUT2D eigenvalue weighted by molar-refractivity contribution is 4.95. The van der Waals surface area contributed by atoms with Gasteiger partial charge in [0.1, 0.15) is 6.61 Å². The molecule has 0 aromatic rings. The van der Waals surface area contributed by atoms with E-state index in [9.17, 15) is 13.2 Å². The third-order valence-electron chi connectivity index (χ3n) is 2.63. The van der Waals surface area contributed by atoms with Crippen molar-refractivity contribution < 1.29 is 23.0 Å². The van der Waals surface area contributed by atoms with E-state index in [1.807, 2.05) is 0 Å². The van der Waals surface area contributed by atoms with Gasteiger partial charge in [0.05, 0.1) is 13.2 Å². The maximum atomic E-state index is 11.7. The zero-order valence-electron chi connectivity index (χ0n) is 8.44. The normalized spacial score (nSPS) is 20.0. The van der Waals surface area contributed by atoms with Crippen molar-refractivity contribution in [3.05, 3.63) is 0 Å². The zero-order valence-corrected chi connectivity index (χ0v) is 8.44. The van der Waals surface area contributed by atoms with E-state index in [-0.39, 0.29) is 18.8 Å². The fourth-order valence-corrected chi connectivity index (χ4v) is 1.57. The topological polar surface area (TPSA) is 41.5 Å². The highest BCUT2D eigenvalue weighted by atomic mass is 19.4. The van der Waals surface area contributed by atoms with Crippen molar-refractivity contribution in [2.75, 3.05) is 26.4 Å². The van der Waals surface area contributed by atoms with Gasteiger partial charge in [-0.25, -0.2) is 0 Å². The third-order valence-corrected chi connectivity index (χ3v) is 2.63. The van der Waals surface area contributed by atoms with E-state index in [1.54, 1.807) is 0 Å². The number of ether oxygens (including phenoxy) is 1. The molecule has 2 N–H and O–H groups in total. The van der Waals surface area contributed by atoms with Crippen molar-refractivity contribution in [2.45, 2.75) is 31.0 Å². The molecule has 1 aliphatic rings. The Hall–Kier alpha value is -0.330. The van der Waals surface area contributed by atoms with E-state index in [0.717, 1.165) is 19.3 Å². The van der Waals surface area contributed by atoms with Crippen molar-refractivity contribution in [1.82, 2.24) is 5.32 Å². The van der Waals surface area contributed by atoms with E-state index in [0.29, 0.717) is 6.54 Å². The molecule has 0 spiro atoms. The predicted molar refractivity (Wildman–Crippen MR) is 48.5 cm³/mol. The SMILES string of the molecule is OCC1(NCCOCC(F)(F)F)CCC1. The number of alkyl halides is 3. The number of rotatable bonds is 6. The van der Waals surface area contributed by atoms with Crippen LogP contribution in [0.4, 0.5) is 13.2 Å². The summed E-state index contributed by atoms with van der Waals surface area (Å²) in [4.78, 5) is 0. The molecule has 0 aromatic heterocycles. The van der Waals surface area contributed by atoms with Crippen LogP contribution in [0.25, 0.3) is 0 Å². The van der Waals surface area contributed by atoms with Crippen molar-refractivity contribution in [2.24, 2.45) is 0 Å².